The first-order valence-corrected chi connectivity index (χ1v) is 12.8. The Balaban J connectivity index is 1.61. The number of anilines is 1. The third kappa shape index (κ3) is 5.40. The predicted molar refractivity (Wildman–Crippen MR) is 148 cm³/mol. The number of nitrogens with zero attached hydrogens (tertiary/aromatic N) is 1. The van der Waals surface area contributed by atoms with Crippen LogP contribution >= 0.6 is 66.7 Å². The number of carbonyl (C=O) groups is 2. The summed E-state index contributed by atoms with van der Waals surface area (Å²) in [5.41, 5.74) is 1.35. The molecule has 1 saturated heterocycles. The lowest BCUT2D eigenvalue weighted by Gasteiger charge is -2.29. The minimum atomic E-state index is -0.717. The molecule has 0 aromatic heterocycles. The van der Waals surface area contributed by atoms with Gasteiger partial charge in [0.2, 0.25) is 0 Å². The van der Waals surface area contributed by atoms with Crippen molar-refractivity contribution >= 4 is 95.4 Å². The largest absolute Gasteiger partial charge is 0.487 e. The zero-order valence-electron chi connectivity index (χ0n) is 17.2. The zero-order chi connectivity index (χ0) is 24.4. The van der Waals surface area contributed by atoms with Gasteiger partial charge in [-0.3, -0.25) is 14.9 Å². The molecular weight excluding hydrogens is 702 g/mol. The van der Waals surface area contributed by atoms with Gasteiger partial charge in [0, 0.05) is 3.57 Å². The van der Waals surface area contributed by atoms with Crippen molar-refractivity contribution in [3.63, 3.8) is 0 Å². The molecule has 1 fully saturated rings. The van der Waals surface area contributed by atoms with E-state index < -0.39 is 17.6 Å². The van der Waals surface area contributed by atoms with Gasteiger partial charge in [-0.1, -0.05) is 24.3 Å². The van der Waals surface area contributed by atoms with E-state index in [0.717, 1.165) is 14.0 Å². The number of benzene rings is 3. The zero-order valence-corrected chi connectivity index (χ0v) is 23.3. The first kappa shape index (κ1) is 25.0. The second-order valence-electron chi connectivity index (χ2n) is 7.14. The van der Waals surface area contributed by atoms with Gasteiger partial charge in [0.05, 0.1) is 14.6 Å². The van der Waals surface area contributed by atoms with Gasteiger partial charge in [-0.2, -0.15) is 0 Å². The van der Waals surface area contributed by atoms with Gasteiger partial charge in [0.25, 0.3) is 11.8 Å². The molecule has 4 rings (SSSR count). The van der Waals surface area contributed by atoms with Crippen LogP contribution in [0.2, 0.25) is 0 Å². The summed E-state index contributed by atoms with van der Waals surface area (Å²) in [6.07, 6.45) is 1.42. The summed E-state index contributed by atoms with van der Waals surface area (Å²) in [4.78, 5) is 26.6. The Morgan fingerprint density at radius 3 is 2.35 bits per heavy atom. The Bertz CT molecular complexity index is 1330. The highest BCUT2D eigenvalue weighted by molar-refractivity contribution is 14.1. The van der Waals surface area contributed by atoms with Crippen LogP contribution in [0.4, 0.5) is 10.1 Å². The number of carbonyl (C=O) groups excluding carboxylic acids is 2. The lowest BCUT2D eigenvalue weighted by atomic mass is 10.1. The van der Waals surface area contributed by atoms with Crippen molar-refractivity contribution in [2.75, 3.05) is 4.90 Å². The van der Waals surface area contributed by atoms with E-state index in [1.807, 2.05) is 24.3 Å². The van der Waals surface area contributed by atoms with Crippen molar-refractivity contribution in [3.05, 3.63) is 95.7 Å². The normalized spacial score (nSPS) is 15.0. The molecule has 2 amide bonds. The Morgan fingerprint density at radius 1 is 1.06 bits per heavy atom. The van der Waals surface area contributed by atoms with Gasteiger partial charge in [-0.05, 0) is 120 Å². The fourth-order valence-electron chi connectivity index (χ4n) is 3.21. The van der Waals surface area contributed by atoms with E-state index in [9.17, 15) is 14.0 Å². The Morgan fingerprint density at radius 2 is 1.71 bits per heavy atom. The molecule has 0 unspecified atom stereocenters. The topological polar surface area (TPSA) is 58.6 Å². The van der Waals surface area contributed by atoms with Crippen LogP contribution < -0.4 is 15.0 Å². The predicted octanol–water partition coefficient (Wildman–Crippen LogP) is 6.37. The summed E-state index contributed by atoms with van der Waals surface area (Å²) in [6, 6.07) is 17.1. The lowest BCUT2D eigenvalue weighted by molar-refractivity contribution is -0.122. The molecule has 1 aliphatic heterocycles. The van der Waals surface area contributed by atoms with Crippen molar-refractivity contribution < 1.29 is 18.7 Å². The molecule has 172 valence electrons. The van der Waals surface area contributed by atoms with Crippen LogP contribution in [0.15, 0.2) is 75.2 Å². The molecule has 3 aromatic carbocycles. The highest BCUT2D eigenvalue weighted by atomic mass is 127. The number of ether oxygens (including phenoxy) is 1. The lowest BCUT2D eigenvalue weighted by Crippen LogP contribution is -2.54. The number of nitrogens with one attached hydrogen (secondary N) is 1. The second-order valence-corrected chi connectivity index (χ2v) is 10.5. The first-order chi connectivity index (χ1) is 16.2. The van der Waals surface area contributed by atoms with E-state index in [0.29, 0.717) is 26.9 Å². The smallest absolute Gasteiger partial charge is 0.270 e. The highest BCUT2D eigenvalue weighted by Crippen LogP contribution is 2.36. The van der Waals surface area contributed by atoms with Crippen molar-refractivity contribution in [2.45, 2.75) is 6.61 Å². The van der Waals surface area contributed by atoms with Crippen LogP contribution in [0.1, 0.15) is 11.1 Å². The summed E-state index contributed by atoms with van der Waals surface area (Å²) in [6.45, 7) is 0.366. The van der Waals surface area contributed by atoms with Crippen LogP contribution in [-0.2, 0) is 16.2 Å². The minimum absolute atomic E-state index is 0.0369. The standard InChI is InChI=1S/C24H14Br2FIN2O3S/c25-17-10-14(11-18(26)21(17)33-12-13-5-7-15(28)8-6-13)9-16-22(31)29-24(34)30(23(16)32)20-4-2-1-3-19(20)27/h1-11H,12H2,(H,29,31,34)/b16-9+. The fraction of sp³-hybridized carbons (Fsp3) is 0.0417. The number of amides is 2. The molecule has 34 heavy (non-hydrogen) atoms. The fourth-order valence-corrected chi connectivity index (χ4v) is 5.30. The maximum absolute atomic E-state index is 14.3. The molecule has 5 nitrogen and oxygen atoms in total. The summed E-state index contributed by atoms with van der Waals surface area (Å²) >= 11 is 14.4. The summed E-state index contributed by atoms with van der Waals surface area (Å²) in [5.74, 6) is -1.43. The van der Waals surface area contributed by atoms with Crippen molar-refractivity contribution in [1.29, 1.82) is 0 Å². The number of hydrogen-bond acceptors (Lipinski definition) is 4. The van der Waals surface area contributed by atoms with Crippen LogP contribution in [0.25, 0.3) is 6.08 Å². The molecule has 1 heterocycles. The monoisotopic (exact) mass is 714 g/mol. The number of halogens is 4. The van der Waals surface area contributed by atoms with E-state index in [1.165, 1.54) is 24.3 Å². The van der Waals surface area contributed by atoms with E-state index >= 15 is 0 Å². The number of para-hydroxylation sites is 1. The molecule has 1 aliphatic rings. The molecule has 0 atom stereocenters. The third-order valence-electron chi connectivity index (χ3n) is 4.82. The summed E-state index contributed by atoms with van der Waals surface area (Å²) in [5, 5.41) is 2.27. The average molecular weight is 716 g/mol. The summed E-state index contributed by atoms with van der Waals surface area (Å²) in [7, 11) is 0. The molecule has 0 radical (unpaired) electrons. The number of thiocarbonyl (C=S) groups is 1. The van der Waals surface area contributed by atoms with Gasteiger partial charge in [-0.25, -0.2) is 9.29 Å². The Hall–Kier alpha value is -2.15. The second kappa shape index (κ2) is 10.6. The number of rotatable bonds is 5. The van der Waals surface area contributed by atoms with Crippen LogP contribution in [0.3, 0.4) is 0 Å². The molecule has 0 bridgehead atoms. The first-order valence-electron chi connectivity index (χ1n) is 9.77. The van der Waals surface area contributed by atoms with Crippen LogP contribution in [-0.4, -0.2) is 16.9 Å². The molecule has 10 heteroatoms. The van der Waals surface area contributed by atoms with E-state index in [4.69, 9.17) is 17.0 Å². The molecule has 0 spiro atoms. The van der Waals surface area contributed by atoms with Crippen LogP contribution in [0.5, 0.6) is 5.75 Å². The molecule has 0 saturated carbocycles. The van der Waals surface area contributed by atoms with Crippen molar-refractivity contribution in [2.24, 2.45) is 0 Å². The molecular formula is C24H14Br2FIN2O3S. The molecule has 3 aromatic rings. The maximum atomic E-state index is 14.3. The highest BCUT2D eigenvalue weighted by Gasteiger charge is 2.35. The van der Waals surface area contributed by atoms with E-state index in [1.54, 1.807) is 18.2 Å². The van der Waals surface area contributed by atoms with Gasteiger partial charge in [-0.15, -0.1) is 0 Å². The third-order valence-corrected chi connectivity index (χ3v) is 7.00. The number of hydrogen-bond donors (Lipinski definition) is 1. The quantitative estimate of drug-likeness (QED) is 0.145. The van der Waals surface area contributed by atoms with Crippen molar-refractivity contribution in [3.8, 4) is 5.75 Å². The molecule has 1 N–H and O–H groups in total. The Labute approximate surface area is 230 Å². The average Bonchev–Trinajstić information content (AvgIpc) is 2.78. The molecule has 0 aliphatic carbocycles. The summed E-state index contributed by atoms with van der Waals surface area (Å²) < 4.78 is 22.7. The minimum Gasteiger partial charge on any atom is -0.487 e. The van der Waals surface area contributed by atoms with E-state index in [2.05, 4.69) is 59.8 Å². The van der Waals surface area contributed by atoms with Gasteiger partial charge < -0.3 is 4.74 Å². The van der Waals surface area contributed by atoms with Gasteiger partial charge in [0.1, 0.15) is 23.7 Å². The van der Waals surface area contributed by atoms with E-state index in [-0.39, 0.29) is 16.4 Å². The maximum Gasteiger partial charge on any atom is 0.270 e. The SMILES string of the molecule is O=C1NC(=S)N(c2ccccc2F)C(=O)/C1=C/c1cc(Br)c(OCc2ccc(I)cc2)c(Br)c1. The van der Waals surface area contributed by atoms with Gasteiger partial charge in [0.15, 0.2) is 5.11 Å². The van der Waals surface area contributed by atoms with Gasteiger partial charge >= 0.3 is 0 Å². The van der Waals surface area contributed by atoms with Crippen LogP contribution in [0, 0.1) is 9.39 Å². The van der Waals surface area contributed by atoms with Crippen molar-refractivity contribution in [1.82, 2.24) is 5.32 Å². The Kier molecular flexibility index (Phi) is 7.80.